The first kappa shape index (κ1) is 27.5. The summed E-state index contributed by atoms with van der Waals surface area (Å²) in [4.78, 5) is 23.5. The first-order valence-electron chi connectivity index (χ1n) is 13.6. The predicted molar refractivity (Wildman–Crippen MR) is 152 cm³/mol. The summed E-state index contributed by atoms with van der Waals surface area (Å²) < 4.78 is 32.7. The Morgan fingerprint density at radius 1 is 1.03 bits per heavy atom. The molecule has 0 radical (unpaired) electrons. The zero-order chi connectivity index (χ0) is 27.1. The van der Waals surface area contributed by atoms with Gasteiger partial charge in [-0.15, -0.1) is 11.3 Å². The summed E-state index contributed by atoms with van der Waals surface area (Å²) in [5, 5.41) is 4.71. The molecule has 2 aromatic heterocycles. The van der Waals surface area contributed by atoms with Gasteiger partial charge in [0.15, 0.2) is 0 Å². The molecule has 1 aromatic carbocycles. The molecular weight excluding hydrogens is 534 g/mol. The van der Waals surface area contributed by atoms with Gasteiger partial charge in [-0.3, -0.25) is 0 Å². The molecule has 1 amide bonds. The van der Waals surface area contributed by atoms with Crippen LogP contribution in [0.25, 0.3) is 11.3 Å². The van der Waals surface area contributed by atoms with Crippen LogP contribution >= 0.6 is 11.3 Å². The van der Waals surface area contributed by atoms with E-state index in [0.717, 1.165) is 74.4 Å². The van der Waals surface area contributed by atoms with E-state index < -0.39 is 16.1 Å². The third-order valence-corrected chi connectivity index (χ3v) is 9.98. The summed E-state index contributed by atoms with van der Waals surface area (Å²) in [6.07, 6.45) is 5.51. The molecule has 2 aliphatic heterocycles. The lowest BCUT2D eigenvalue weighted by atomic mass is 9.93. The lowest BCUT2D eigenvalue weighted by Crippen LogP contribution is -2.35. The quantitative estimate of drug-likeness (QED) is 0.390. The molecule has 39 heavy (non-hydrogen) atoms. The van der Waals surface area contributed by atoms with Gasteiger partial charge in [0.1, 0.15) is 12.4 Å². The number of piperidine rings is 2. The molecule has 0 spiro atoms. The van der Waals surface area contributed by atoms with E-state index in [1.54, 1.807) is 21.9 Å². The second kappa shape index (κ2) is 12.9. The Morgan fingerprint density at radius 3 is 2.51 bits per heavy atom. The maximum Gasteiger partial charge on any atom is 0.407 e. The lowest BCUT2D eigenvalue weighted by molar-refractivity contribution is 0.137. The van der Waals surface area contributed by atoms with Crippen molar-refractivity contribution in [1.82, 2.24) is 19.6 Å². The minimum atomic E-state index is -3.44. The molecule has 0 unspecified atom stereocenters. The summed E-state index contributed by atoms with van der Waals surface area (Å²) in [6, 6.07) is 13.1. The van der Waals surface area contributed by atoms with Crippen molar-refractivity contribution in [3.63, 3.8) is 0 Å². The van der Waals surface area contributed by atoms with E-state index in [9.17, 15) is 13.2 Å². The Morgan fingerprint density at radius 2 is 1.79 bits per heavy atom. The second-order valence-electron chi connectivity index (χ2n) is 10.1. The van der Waals surface area contributed by atoms with Crippen LogP contribution in [0, 0.1) is 5.92 Å². The van der Waals surface area contributed by atoms with Gasteiger partial charge in [-0.2, -0.15) is 4.31 Å². The molecule has 2 aliphatic rings. The van der Waals surface area contributed by atoms with Gasteiger partial charge in [-0.25, -0.2) is 23.2 Å². The van der Waals surface area contributed by atoms with Gasteiger partial charge in [-0.05, 0) is 62.3 Å². The molecule has 11 heteroatoms. The number of ether oxygens (including phenoxy) is 1. The van der Waals surface area contributed by atoms with Gasteiger partial charge < -0.3 is 15.0 Å². The highest BCUT2D eigenvalue weighted by atomic mass is 32.2. The SMILES string of the molecule is O=C(NCCC1CCN(c2cccc(-c3ccc(S(=O)(=O)N4CCCCC4)cc3)n2)CC1)OCc1cscn1. The van der Waals surface area contributed by atoms with E-state index >= 15 is 0 Å². The van der Waals surface area contributed by atoms with Crippen molar-refractivity contribution < 1.29 is 17.9 Å². The van der Waals surface area contributed by atoms with E-state index in [0.29, 0.717) is 30.4 Å². The van der Waals surface area contributed by atoms with Gasteiger partial charge in [0.25, 0.3) is 0 Å². The molecule has 0 bridgehead atoms. The fourth-order valence-corrected chi connectivity index (χ4v) is 7.20. The number of carbonyl (C=O) groups is 1. The van der Waals surface area contributed by atoms with Crippen LogP contribution in [0.2, 0.25) is 0 Å². The zero-order valence-corrected chi connectivity index (χ0v) is 23.6. The molecule has 3 aromatic rings. The van der Waals surface area contributed by atoms with Crippen molar-refractivity contribution >= 4 is 33.3 Å². The minimum absolute atomic E-state index is 0.196. The number of nitrogens with one attached hydrogen (secondary N) is 1. The van der Waals surface area contributed by atoms with Crippen LogP contribution < -0.4 is 10.2 Å². The maximum atomic E-state index is 13.0. The molecule has 5 rings (SSSR count). The van der Waals surface area contributed by atoms with E-state index in [1.165, 1.54) is 11.3 Å². The summed E-state index contributed by atoms with van der Waals surface area (Å²) in [6.45, 7) is 3.80. The number of rotatable bonds is 9. The minimum Gasteiger partial charge on any atom is -0.443 e. The summed E-state index contributed by atoms with van der Waals surface area (Å²) in [5.74, 6) is 1.47. The van der Waals surface area contributed by atoms with E-state index in [4.69, 9.17) is 9.72 Å². The average Bonchev–Trinajstić information content (AvgIpc) is 3.51. The standard InChI is InChI=1S/C28H35N5O4S2/c34-28(37-19-24-20-38-21-30-24)29-14-11-22-12-17-32(18-13-22)27-6-4-5-26(31-27)23-7-9-25(10-8-23)39(35,36)33-15-2-1-3-16-33/h4-10,20-22H,1-3,11-19H2,(H,29,34). The summed E-state index contributed by atoms with van der Waals surface area (Å²) in [7, 11) is -3.44. The smallest absolute Gasteiger partial charge is 0.407 e. The van der Waals surface area contributed by atoms with Crippen LogP contribution in [-0.2, 0) is 21.4 Å². The molecular formula is C28H35N5O4S2. The lowest BCUT2D eigenvalue weighted by Gasteiger charge is -2.33. The third kappa shape index (κ3) is 7.14. The number of thiazole rings is 1. The fourth-order valence-electron chi connectivity index (χ4n) is 5.14. The number of anilines is 1. The molecule has 2 saturated heterocycles. The molecule has 208 valence electrons. The van der Waals surface area contributed by atoms with Crippen molar-refractivity contribution in [3.05, 3.63) is 59.0 Å². The number of alkyl carbamates (subject to hydrolysis) is 1. The van der Waals surface area contributed by atoms with Crippen LogP contribution in [0.4, 0.5) is 10.6 Å². The highest BCUT2D eigenvalue weighted by Crippen LogP contribution is 2.28. The molecule has 0 aliphatic carbocycles. The Hall–Kier alpha value is -3.02. The Balaban J connectivity index is 1.10. The van der Waals surface area contributed by atoms with Gasteiger partial charge >= 0.3 is 6.09 Å². The largest absolute Gasteiger partial charge is 0.443 e. The number of hydrogen-bond donors (Lipinski definition) is 1. The molecule has 2 fully saturated rings. The number of carbonyl (C=O) groups excluding carboxylic acids is 1. The third-order valence-electron chi connectivity index (χ3n) is 7.43. The van der Waals surface area contributed by atoms with Gasteiger partial charge in [-0.1, -0.05) is 24.6 Å². The van der Waals surface area contributed by atoms with Crippen LogP contribution in [0.5, 0.6) is 0 Å². The van der Waals surface area contributed by atoms with Crippen LogP contribution in [0.3, 0.4) is 0 Å². The van der Waals surface area contributed by atoms with Crippen LogP contribution in [-0.4, -0.2) is 61.5 Å². The van der Waals surface area contributed by atoms with Crippen LogP contribution in [0.1, 0.15) is 44.2 Å². The molecule has 4 heterocycles. The number of pyridine rings is 1. The number of aromatic nitrogens is 2. The van der Waals surface area contributed by atoms with Gasteiger partial charge in [0, 0.05) is 43.7 Å². The van der Waals surface area contributed by atoms with Crippen molar-refractivity contribution in [3.8, 4) is 11.3 Å². The molecule has 0 saturated carbocycles. The Bertz CT molecular complexity index is 1320. The summed E-state index contributed by atoms with van der Waals surface area (Å²) in [5.41, 5.74) is 4.21. The summed E-state index contributed by atoms with van der Waals surface area (Å²) >= 11 is 1.48. The monoisotopic (exact) mass is 569 g/mol. The highest BCUT2D eigenvalue weighted by molar-refractivity contribution is 7.89. The van der Waals surface area contributed by atoms with Gasteiger partial charge in [0.05, 0.1) is 21.8 Å². The van der Waals surface area contributed by atoms with Crippen LogP contribution in [0.15, 0.2) is 58.3 Å². The normalized spacial score (nSPS) is 17.2. The second-order valence-corrected chi connectivity index (χ2v) is 12.7. The molecule has 9 nitrogen and oxygen atoms in total. The molecule has 0 atom stereocenters. The highest BCUT2D eigenvalue weighted by Gasteiger charge is 2.26. The number of benzene rings is 1. The average molecular weight is 570 g/mol. The van der Waals surface area contributed by atoms with Crippen molar-refractivity contribution in [1.29, 1.82) is 0 Å². The van der Waals surface area contributed by atoms with E-state index in [1.807, 2.05) is 35.7 Å². The van der Waals surface area contributed by atoms with Crippen molar-refractivity contribution in [2.45, 2.75) is 50.0 Å². The maximum absolute atomic E-state index is 13.0. The zero-order valence-electron chi connectivity index (χ0n) is 22.0. The predicted octanol–water partition coefficient (Wildman–Crippen LogP) is 4.91. The first-order valence-corrected chi connectivity index (χ1v) is 16.0. The topological polar surface area (TPSA) is 105 Å². The number of nitrogens with zero attached hydrogens (tertiary/aromatic N) is 4. The van der Waals surface area contributed by atoms with E-state index in [2.05, 4.69) is 15.2 Å². The Kier molecular flexibility index (Phi) is 9.10. The number of amides is 1. The number of sulfonamides is 1. The van der Waals surface area contributed by atoms with Crippen molar-refractivity contribution in [2.75, 3.05) is 37.6 Å². The Labute approximate surface area is 234 Å². The fraction of sp³-hybridized carbons (Fsp3) is 0.464. The number of hydrogen-bond acceptors (Lipinski definition) is 8. The van der Waals surface area contributed by atoms with Crippen molar-refractivity contribution in [2.24, 2.45) is 5.92 Å². The first-order chi connectivity index (χ1) is 19.0. The van der Waals surface area contributed by atoms with Gasteiger partial charge in [0.2, 0.25) is 10.0 Å². The molecule has 1 N–H and O–H groups in total. The van der Waals surface area contributed by atoms with E-state index in [-0.39, 0.29) is 6.61 Å².